The first-order valence-electron chi connectivity index (χ1n) is 9.10. The van der Waals surface area contributed by atoms with Crippen LogP contribution in [-0.4, -0.2) is 49.9 Å². The van der Waals surface area contributed by atoms with Gasteiger partial charge in [0.15, 0.2) is 18.3 Å². The highest BCUT2D eigenvalue weighted by atomic mass is 32.1. The van der Waals surface area contributed by atoms with E-state index in [2.05, 4.69) is 24.8 Å². The van der Waals surface area contributed by atoms with E-state index in [0.29, 0.717) is 5.00 Å². The maximum Gasteiger partial charge on any atom is 0.422 e. The van der Waals surface area contributed by atoms with E-state index < -0.39 is 49.2 Å². The highest BCUT2D eigenvalue weighted by Gasteiger charge is 2.41. The van der Waals surface area contributed by atoms with Crippen LogP contribution in [0.25, 0.3) is 0 Å². The van der Waals surface area contributed by atoms with Gasteiger partial charge in [-0.15, -0.1) is 11.3 Å². The fourth-order valence-corrected chi connectivity index (χ4v) is 3.54. The maximum absolute atomic E-state index is 13.2. The number of carbonyl (C=O) groups is 1. The zero-order valence-electron chi connectivity index (χ0n) is 17.4. The van der Waals surface area contributed by atoms with Gasteiger partial charge in [0, 0.05) is 28.8 Å². The number of thiocarbonyl (C=S) groups is 1. The Labute approximate surface area is 198 Å². The number of anilines is 2. The number of alkyl halides is 7. The molecule has 6 nitrogen and oxygen atoms in total. The first-order valence-corrected chi connectivity index (χ1v) is 10.3. The summed E-state index contributed by atoms with van der Waals surface area (Å²) in [6.07, 6.45) is -8.71. The fourth-order valence-electron chi connectivity index (χ4n) is 2.35. The van der Waals surface area contributed by atoms with Crippen LogP contribution in [0.1, 0.15) is 15.2 Å². The molecule has 0 saturated heterocycles. The molecule has 0 radical (unpaired) electrons. The van der Waals surface area contributed by atoms with Gasteiger partial charge in [-0.25, -0.2) is 13.6 Å². The molecule has 0 atom stereocenters. The van der Waals surface area contributed by atoms with Crippen LogP contribution in [0.3, 0.4) is 0 Å². The second-order valence-electron chi connectivity index (χ2n) is 6.62. The van der Waals surface area contributed by atoms with Gasteiger partial charge in [0.1, 0.15) is 16.5 Å². The SMILES string of the molecule is COC(=O)c1cc(C)sc1NC(=S)Nc1cc(OCC(F)(F)F)cc(OCC(F)(F)C(F)F)c1. The van der Waals surface area contributed by atoms with Crippen molar-refractivity contribution in [1.29, 1.82) is 0 Å². The van der Waals surface area contributed by atoms with Crippen LogP contribution in [0.5, 0.6) is 11.5 Å². The van der Waals surface area contributed by atoms with Gasteiger partial charge in [-0.1, -0.05) is 0 Å². The molecule has 1 heterocycles. The lowest BCUT2D eigenvalue weighted by atomic mass is 10.2. The van der Waals surface area contributed by atoms with E-state index in [1.165, 1.54) is 7.11 Å². The zero-order chi connectivity index (χ0) is 25.7. The number of ether oxygens (including phenoxy) is 3. The molecule has 2 aromatic rings. The van der Waals surface area contributed by atoms with E-state index in [-0.39, 0.29) is 16.4 Å². The predicted molar refractivity (Wildman–Crippen MR) is 115 cm³/mol. The number of rotatable bonds is 9. The number of thiophene rings is 1. The van der Waals surface area contributed by atoms with Crippen molar-refractivity contribution in [1.82, 2.24) is 0 Å². The van der Waals surface area contributed by atoms with Gasteiger partial charge in [0.25, 0.3) is 0 Å². The van der Waals surface area contributed by atoms with Crippen molar-refractivity contribution >= 4 is 45.3 Å². The molecule has 1 aromatic carbocycles. The molecule has 0 amide bonds. The molecule has 15 heteroatoms. The number of halogens is 7. The van der Waals surface area contributed by atoms with Crippen molar-refractivity contribution in [2.24, 2.45) is 0 Å². The Kier molecular flexibility index (Phi) is 8.94. The molecule has 2 rings (SSSR count). The third-order valence-corrected chi connectivity index (χ3v) is 4.95. The smallest absolute Gasteiger partial charge is 0.422 e. The second kappa shape index (κ2) is 11.1. The highest BCUT2D eigenvalue weighted by Crippen LogP contribution is 2.32. The summed E-state index contributed by atoms with van der Waals surface area (Å²) in [5.74, 6) is -6.07. The summed E-state index contributed by atoms with van der Waals surface area (Å²) < 4.78 is 103. The summed E-state index contributed by atoms with van der Waals surface area (Å²) in [6.45, 7) is -1.71. The van der Waals surface area contributed by atoms with Crippen molar-refractivity contribution < 1.29 is 49.7 Å². The van der Waals surface area contributed by atoms with E-state index in [1.807, 2.05) is 0 Å². The largest absolute Gasteiger partial charge is 0.487 e. The molecule has 1 aromatic heterocycles. The Hall–Kier alpha value is -2.81. The summed E-state index contributed by atoms with van der Waals surface area (Å²) in [7, 11) is 1.18. The Morgan fingerprint density at radius 1 is 1.03 bits per heavy atom. The van der Waals surface area contributed by atoms with Crippen LogP contribution in [0.2, 0.25) is 0 Å². The van der Waals surface area contributed by atoms with Crippen molar-refractivity contribution in [3.05, 3.63) is 34.7 Å². The lowest BCUT2D eigenvalue weighted by molar-refractivity contribution is -0.153. The van der Waals surface area contributed by atoms with Gasteiger partial charge in [0.05, 0.1) is 12.7 Å². The molecule has 0 fully saturated rings. The molecular formula is C19H17F7N2O4S2. The Morgan fingerprint density at radius 3 is 2.15 bits per heavy atom. The van der Waals surface area contributed by atoms with Gasteiger partial charge in [-0.05, 0) is 25.2 Å². The summed E-state index contributed by atoms with van der Waals surface area (Å²) in [5, 5.41) is 5.47. The van der Waals surface area contributed by atoms with Crippen LogP contribution < -0.4 is 20.1 Å². The number of aryl methyl sites for hydroxylation is 1. The molecule has 0 aliphatic rings. The number of hydrogen-bond acceptors (Lipinski definition) is 6. The summed E-state index contributed by atoms with van der Waals surface area (Å²) >= 11 is 6.29. The minimum atomic E-state index is -4.70. The van der Waals surface area contributed by atoms with Gasteiger partial charge >= 0.3 is 24.5 Å². The van der Waals surface area contributed by atoms with Crippen molar-refractivity contribution in [3.8, 4) is 11.5 Å². The van der Waals surface area contributed by atoms with Crippen LogP contribution in [0.15, 0.2) is 24.3 Å². The monoisotopic (exact) mass is 534 g/mol. The van der Waals surface area contributed by atoms with E-state index >= 15 is 0 Å². The van der Waals surface area contributed by atoms with E-state index in [1.54, 1.807) is 13.0 Å². The number of hydrogen-bond donors (Lipinski definition) is 2. The Morgan fingerprint density at radius 2 is 1.62 bits per heavy atom. The topological polar surface area (TPSA) is 68.8 Å². The Balaban J connectivity index is 2.23. The molecule has 0 spiro atoms. The molecule has 0 aliphatic heterocycles. The third-order valence-electron chi connectivity index (χ3n) is 3.78. The molecule has 34 heavy (non-hydrogen) atoms. The molecule has 188 valence electrons. The van der Waals surface area contributed by atoms with Gasteiger partial charge < -0.3 is 24.8 Å². The first kappa shape index (κ1) is 27.4. The predicted octanol–water partition coefficient (Wildman–Crippen LogP) is 5.87. The average Bonchev–Trinajstić information content (AvgIpc) is 3.09. The fraction of sp³-hybridized carbons (Fsp3) is 0.368. The number of carbonyl (C=O) groups excluding carboxylic acids is 1. The van der Waals surface area contributed by atoms with E-state index in [9.17, 15) is 35.5 Å². The van der Waals surface area contributed by atoms with E-state index in [0.717, 1.165) is 34.4 Å². The minimum absolute atomic E-state index is 0.0690. The average molecular weight is 534 g/mol. The van der Waals surface area contributed by atoms with Crippen molar-refractivity contribution in [3.63, 3.8) is 0 Å². The van der Waals surface area contributed by atoms with E-state index in [4.69, 9.17) is 12.2 Å². The van der Waals surface area contributed by atoms with Crippen molar-refractivity contribution in [2.45, 2.75) is 25.4 Å². The van der Waals surface area contributed by atoms with Gasteiger partial charge in [-0.2, -0.15) is 22.0 Å². The van der Waals surface area contributed by atoms with Gasteiger partial charge in [-0.3, -0.25) is 0 Å². The summed E-state index contributed by atoms with van der Waals surface area (Å²) in [6, 6.07) is 4.46. The summed E-state index contributed by atoms with van der Waals surface area (Å²) in [4.78, 5) is 12.6. The number of esters is 1. The molecule has 0 saturated carbocycles. The molecule has 0 unspecified atom stereocenters. The number of nitrogens with one attached hydrogen (secondary N) is 2. The van der Waals surface area contributed by atoms with Crippen LogP contribution >= 0.6 is 23.6 Å². The number of benzene rings is 1. The van der Waals surface area contributed by atoms with Crippen molar-refractivity contribution in [2.75, 3.05) is 31.0 Å². The van der Waals surface area contributed by atoms with Gasteiger partial charge in [0.2, 0.25) is 0 Å². The lowest BCUT2D eigenvalue weighted by Gasteiger charge is -2.18. The van der Waals surface area contributed by atoms with Crippen LogP contribution in [0, 0.1) is 6.92 Å². The highest BCUT2D eigenvalue weighted by molar-refractivity contribution is 7.80. The third kappa shape index (κ3) is 8.20. The summed E-state index contributed by atoms with van der Waals surface area (Å²) in [5.41, 5.74) is 0.107. The molecule has 0 bridgehead atoms. The molecule has 2 N–H and O–H groups in total. The quantitative estimate of drug-likeness (QED) is 0.237. The molecular weight excluding hydrogens is 517 g/mol. The lowest BCUT2D eigenvalue weighted by Crippen LogP contribution is -2.33. The normalized spacial score (nSPS) is 11.8. The minimum Gasteiger partial charge on any atom is -0.487 e. The Bertz CT molecular complexity index is 1030. The standard InChI is InChI=1S/C19H17F7N2O4S2/c1-9-3-13(15(29)30-2)14(34-9)28-17(33)27-10-4-11(31-7-18(22,23)16(20)21)6-12(5-10)32-8-19(24,25)26/h3-6,16H,7-8H2,1-2H3,(H2,27,28,33). The second-order valence-corrected chi connectivity index (χ2v) is 8.28. The first-order chi connectivity index (χ1) is 15.7. The van der Waals surface area contributed by atoms with Crippen LogP contribution in [0.4, 0.5) is 41.4 Å². The number of methoxy groups -OCH3 is 1. The zero-order valence-corrected chi connectivity index (χ0v) is 19.0. The van der Waals surface area contributed by atoms with Crippen LogP contribution in [-0.2, 0) is 4.74 Å². The molecule has 0 aliphatic carbocycles. The maximum atomic E-state index is 13.2.